The number of Topliss-reactive ketones (excluding diaryl/α,β-unsaturated/α-hetero) is 1. The van der Waals surface area contributed by atoms with E-state index in [1.807, 2.05) is 32.0 Å². The fourth-order valence-electron chi connectivity index (χ4n) is 3.50. The minimum absolute atomic E-state index is 0.152. The summed E-state index contributed by atoms with van der Waals surface area (Å²) in [6, 6.07) is 11.3. The Hall–Kier alpha value is -2.81. The average molecular weight is 458 g/mol. The first-order valence-corrected chi connectivity index (χ1v) is 11.3. The molecule has 1 atom stereocenters. The predicted octanol–water partition coefficient (Wildman–Crippen LogP) is 4.48. The van der Waals surface area contributed by atoms with E-state index < -0.39 is 0 Å². The Balaban J connectivity index is 1.77. The Bertz CT molecular complexity index is 1040. The number of imidazole rings is 1. The standard InChI is InChI=1S/C25H32FN3O4/c1-4-32-15-13-29-23-16-21(33-20-9-7-19(26)8-10-20)11-12-22(23)28-25(29)17-27-18(2)24(30)6-5-14-31-3/h7-12,16,18,27H,4-6,13-15,17H2,1-3H3/t18-/m0/s1. The van der Waals surface area contributed by atoms with Crippen LogP contribution >= 0.6 is 0 Å². The van der Waals surface area contributed by atoms with Crippen LogP contribution in [-0.4, -0.2) is 48.3 Å². The molecule has 0 bridgehead atoms. The number of halogens is 1. The number of rotatable bonds is 14. The van der Waals surface area contributed by atoms with Crippen molar-refractivity contribution >= 4 is 16.8 Å². The maximum atomic E-state index is 13.2. The molecule has 0 fully saturated rings. The summed E-state index contributed by atoms with van der Waals surface area (Å²) >= 11 is 0. The molecule has 1 aromatic heterocycles. The van der Waals surface area contributed by atoms with Crippen molar-refractivity contribution < 1.29 is 23.4 Å². The molecular weight excluding hydrogens is 425 g/mol. The number of hydrogen-bond donors (Lipinski definition) is 1. The lowest BCUT2D eigenvalue weighted by atomic mass is 10.1. The molecule has 8 heteroatoms. The zero-order valence-corrected chi connectivity index (χ0v) is 19.5. The maximum absolute atomic E-state index is 13.2. The van der Waals surface area contributed by atoms with Crippen molar-refractivity contribution in [2.75, 3.05) is 26.9 Å². The second-order valence-corrected chi connectivity index (χ2v) is 7.75. The summed E-state index contributed by atoms with van der Waals surface area (Å²) < 4.78 is 31.8. The highest BCUT2D eigenvalue weighted by atomic mass is 19.1. The van der Waals surface area contributed by atoms with Crippen LogP contribution in [0.25, 0.3) is 11.0 Å². The predicted molar refractivity (Wildman–Crippen MR) is 125 cm³/mol. The second-order valence-electron chi connectivity index (χ2n) is 7.75. The zero-order valence-electron chi connectivity index (χ0n) is 19.5. The lowest BCUT2D eigenvalue weighted by Crippen LogP contribution is -2.34. The third kappa shape index (κ3) is 7.08. The zero-order chi connectivity index (χ0) is 23.6. The van der Waals surface area contributed by atoms with Gasteiger partial charge in [-0.1, -0.05) is 0 Å². The number of ether oxygens (including phenoxy) is 3. The highest BCUT2D eigenvalue weighted by Crippen LogP contribution is 2.27. The molecule has 0 aliphatic rings. The fraction of sp³-hybridized carbons (Fsp3) is 0.440. The van der Waals surface area contributed by atoms with Gasteiger partial charge in [0, 0.05) is 39.4 Å². The van der Waals surface area contributed by atoms with Crippen molar-refractivity contribution in [1.29, 1.82) is 0 Å². The molecule has 0 unspecified atom stereocenters. The van der Waals surface area contributed by atoms with E-state index in [9.17, 15) is 9.18 Å². The summed E-state index contributed by atoms with van der Waals surface area (Å²) in [4.78, 5) is 17.1. The fourth-order valence-corrected chi connectivity index (χ4v) is 3.50. The van der Waals surface area contributed by atoms with Gasteiger partial charge in [-0.15, -0.1) is 0 Å². The van der Waals surface area contributed by atoms with Crippen LogP contribution in [0.4, 0.5) is 4.39 Å². The minimum atomic E-state index is -0.310. The Labute approximate surface area is 193 Å². The van der Waals surface area contributed by atoms with Gasteiger partial charge >= 0.3 is 0 Å². The summed E-state index contributed by atoms with van der Waals surface area (Å²) in [7, 11) is 1.63. The average Bonchev–Trinajstić information content (AvgIpc) is 3.16. The molecule has 33 heavy (non-hydrogen) atoms. The third-order valence-electron chi connectivity index (χ3n) is 5.33. The quantitative estimate of drug-likeness (QED) is 0.360. The van der Waals surface area contributed by atoms with Crippen LogP contribution in [-0.2, 0) is 27.4 Å². The van der Waals surface area contributed by atoms with Crippen LogP contribution in [0.3, 0.4) is 0 Å². The largest absolute Gasteiger partial charge is 0.457 e. The highest BCUT2D eigenvalue weighted by Gasteiger charge is 2.16. The van der Waals surface area contributed by atoms with Crippen LogP contribution in [0.2, 0.25) is 0 Å². The van der Waals surface area contributed by atoms with Crippen molar-refractivity contribution in [1.82, 2.24) is 14.9 Å². The van der Waals surface area contributed by atoms with Gasteiger partial charge < -0.3 is 24.1 Å². The number of ketones is 1. The number of carbonyl (C=O) groups is 1. The molecule has 2 aromatic carbocycles. The van der Waals surface area contributed by atoms with E-state index in [4.69, 9.17) is 19.2 Å². The number of aromatic nitrogens is 2. The Morgan fingerprint density at radius 1 is 1.15 bits per heavy atom. The SMILES string of the molecule is CCOCCn1c(CN[C@@H](C)C(=O)CCCOC)nc2ccc(Oc3ccc(F)cc3)cc21. The molecule has 7 nitrogen and oxygen atoms in total. The molecule has 0 spiro atoms. The van der Waals surface area contributed by atoms with Crippen molar-refractivity contribution in [2.45, 2.75) is 45.8 Å². The van der Waals surface area contributed by atoms with Gasteiger partial charge in [-0.05, 0) is 56.7 Å². The van der Waals surface area contributed by atoms with Gasteiger partial charge in [0.2, 0.25) is 0 Å². The number of fused-ring (bicyclic) bond motifs is 1. The molecule has 0 saturated carbocycles. The van der Waals surface area contributed by atoms with Crippen molar-refractivity contribution in [3.8, 4) is 11.5 Å². The van der Waals surface area contributed by atoms with Gasteiger partial charge in [-0.25, -0.2) is 9.37 Å². The van der Waals surface area contributed by atoms with E-state index in [2.05, 4.69) is 9.88 Å². The number of methoxy groups -OCH3 is 1. The number of nitrogens with zero attached hydrogens (tertiary/aromatic N) is 2. The van der Waals surface area contributed by atoms with Crippen LogP contribution in [0.5, 0.6) is 11.5 Å². The molecule has 1 heterocycles. The lowest BCUT2D eigenvalue weighted by molar-refractivity contribution is -0.121. The van der Waals surface area contributed by atoms with E-state index in [1.54, 1.807) is 19.2 Å². The molecule has 3 aromatic rings. The summed E-state index contributed by atoms with van der Waals surface area (Å²) in [6.45, 7) is 6.66. The lowest BCUT2D eigenvalue weighted by Gasteiger charge is -2.14. The molecule has 1 N–H and O–H groups in total. The van der Waals surface area contributed by atoms with E-state index in [1.165, 1.54) is 12.1 Å². The number of nitrogens with one attached hydrogen (secondary N) is 1. The molecule has 0 saturated heterocycles. The van der Waals surface area contributed by atoms with Gasteiger partial charge in [-0.3, -0.25) is 4.79 Å². The number of carbonyl (C=O) groups excluding carboxylic acids is 1. The van der Waals surface area contributed by atoms with E-state index in [-0.39, 0.29) is 17.6 Å². The molecule has 0 aliphatic carbocycles. The molecule has 178 valence electrons. The first kappa shape index (κ1) is 24.8. The third-order valence-corrected chi connectivity index (χ3v) is 5.33. The van der Waals surface area contributed by atoms with Gasteiger partial charge in [0.15, 0.2) is 0 Å². The van der Waals surface area contributed by atoms with Crippen molar-refractivity contribution in [3.05, 3.63) is 54.1 Å². The topological polar surface area (TPSA) is 74.6 Å². The summed E-state index contributed by atoms with van der Waals surface area (Å²) in [6.07, 6.45) is 1.19. The van der Waals surface area contributed by atoms with E-state index in [0.717, 1.165) is 16.9 Å². The maximum Gasteiger partial charge on any atom is 0.149 e. The monoisotopic (exact) mass is 457 g/mol. The van der Waals surface area contributed by atoms with Crippen LogP contribution < -0.4 is 10.1 Å². The summed E-state index contributed by atoms with van der Waals surface area (Å²) in [5.74, 6) is 1.85. The Morgan fingerprint density at radius 3 is 2.64 bits per heavy atom. The highest BCUT2D eigenvalue weighted by molar-refractivity contribution is 5.83. The van der Waals surface area contributed by atoms with Gasteiger partial charge in [0.1, 0.15) is 28.9 Å². The number of benzene rings is 2. The van der Waals surface area contributed by atoms with Gasteiger partial charge in [0.05, 0.1) is 30.2 Å². The normalized spacial score (nSPS) is 12.2. The minimum Gasteiger partial charge on any atom is -0.457 e. The Morgan fingerprint density at radius 2 is 1.91 bits per heavy atom. The van der Waals surface area contributed by atoms with Crippen LogP contribution in [0.15, 0.2) is 42.5 Å². The molecular formula is C25H32FN3O4. The molecule has 0 aliphatic heterocycles. The van der Waals surface area contributed by atoms with Crippen molar-refractivity contribution in [3.63, 3.8) is 0 Å². The van der Waals surface area contributed by atoms with E-state index >= 15 is 0 Å². The Kier molecular flexibility index (Phi) is 9.35. The summed E-state index contributed by atoms with van der Waals surface area (Å²) in [5, 5.41) is 3.30. The number of hydrogen-bond acceptors (Lipinski definition) is 6. The second kappa shape index (κ2) is 12.4. The van der Waals surface area contributed by atoms with Crippen molar-refractivity contribution in [2.24, 2.45) is 0 Å². The summed E-state index contributed by atoms with van der Waals surface area (Å²) in [5.41, 5.74) is 1.74. The molecule has 3 rings (SSSR count). The first-order valence-electron chi connectivity index (χ1n) is 11.3. The first-order chi connectivity index (χ1) is 16.0. The smallest absolute Gasteiger partial charge is 0.149 e. The molecule has 0 amide bonds. The van der Waals surface area contributed by atoms with Crippen LogP contribution in [0.1, 0.15) is 32.5 Å². The van der Waals surface area contributed by atoms with Crippen LogP contribution in [0, 0.1) is 5.82 Å². The van der Waals surface area contributed by atoms with Gasteiger partial charge in [-0.2, -0.15) is 0 Å². The van der Waals surface area contributed by atoms with Gasteiger partial charge in [0.25, 0.3) is 0 Å². The molecule has 0 radical (unpaired) electrons. The van der Waals surface area contributed by atoms with E-state index in [0.29, 0.717) is 57.3 Å².